The van der Waals surface area contributed by atoms with Crippen molar-refractivity contribution in [2.24, 2.45) is 0 Å². The highest BCUT2D eigenvalue weighted by molar-refractivity contribution is 5.91. The van der Waals surface area contributed by atoms with Crippen LogP contribution in [0.1, 0.15) is 31.7 Å². The van der Waals surface area contributed by atoms with Crippen LogP contribution in [0.4, 0.5) is 18.9 Å². The summed E-state index contributed by atoms with van der Waals surface area (Å²) in [5, 5.41) is 5.13. The number of carbonyl (C=O) groups excluding carboxylic acids is 2. The normalized spacial score (nSPS) is 13.9. The molecule has 0 saturated heterocycles. The Morgan fingerprint density at radius 2 is 1.70 bits per heavy atom. The Kier molecular flexibility index (Phi) is 8.41. The van der Waals surface area contributed by atoms with Crippen LogP contribution >= 0.6 is 0 Å². The van der Waals surface area contributed by atoms with E-state index in [1.807, 2.05) is 37.3 Å². The lowest BCUT2D eigenvalue weighted by atomic mass is 9.96. The van der Waals surface area contributed by atoms with Crippen molar-refractivity contribution in [3.8, 4) is 0 Å². The summed E-state index contributed by atoms with van der Waals surface area (Å²) in [5.74, 6) is -5.09. The number of carbonyl (C=O) groups is 2. The molecular weight excluding hydrogens is 395 g/mol. The molecule has 162 valence electrons. The largest absolute Gasteiger partial charge is 0.350 e. The number of anilines is 1. The first-order chi connectivity index (χ1) is 14.2. The van der Waals surface area contributed by atoms with Crippen LogP contribution in [0.3, 0.4) is 0 Å². The second-order valence-electron chi connectivity index (χ2n) is 7.28. The highest BCUT2D eigenvalue weighted by Crippen LogP contribution is 2.19. The maximum absolute atomic E-state index is 13.7. The van der Waals surface area contributed by atoms with E-state index in [-0.39, 0.29) is 18.4 Å². The molecule has 8 heteroatoms. The molecule has 0 aromatic heterocycles. The number of halogens is 3. The van der Waals surface area contributed by atoms with Crippen LogP contribution < -0.4 is 15.5 Å². The molecule has 0 saturated carbocycles. The van der Waals surface area contributed by atoms with E-state index >= 15 is 0 Å². The lowest BCUT2D eigenvalue weighted by Crippen LogP contribution is -3.15. The van der Waals surface area contributed by atoms with Crippen LogP contribution in [-0.4, -0.2) is 38.0 Å². The van der Waals surface area contributed by atoms with Gasteiger partial charge in [0.1, 0.15) is 0 Å². The molecule has 0 radical (unpaired) electrons. The maximum Gasteiger partial charge on any atom is 0.279 e. The van der Waals surface area contributed by atoms with Gasteiger partial charge in [0.25, 0.3) is 11.8 Å². The molecule has 2 rings (SSSR count). The third-order valence-electron chi connectivity index (χ3n) is 5.17. The summed E-state index contributed by atoms with van der Waals surface area (Å²) in [6.45, 7) is 4.05. The summed E-state index contributed by atoms with van der Waals surface area (Å²) < 4.78 is 40.0. The van der Waals surface area contributed by atoms with Crippen LogP contribution in [0.15, 0.2) is 42.5 Å². The first kappa shape index (κ1) is 23.4. The highest BCUT2D eigenvalue weighted by atomic mass is 19.2. The van der Waals surface area contributed by atoms with E-state index in [4.69, 9.17) is 0 Å². The van der Waals surface area contributed by atoms with Gasteiger partial charge in [-0.1, -0.05) is 37.3 Å². The molecule has 2 amide bonds. The van der Waals surface area contributed by atoms with E-state index in [0.29, 0.717) is 11.4 Å². The highest BCUT2D eigenvalue weighted by Gasteiger charge is 2.25. The number of hydrogen-bond donors (Lipinski definition) is 3. The Bertz CT molecular complexity index is 877. The second kappa shape index (κ2) is 10.8. The Hall–Kier alpha value is -2.87. The van der Waals surface area contributed by atoms with Gasteiger partial charge in [-0.25, -0.2) is 13.2 Å². The van der Waals surface area contributed by atoms with E-state index in [1.54, 1.807) is 14.0 Å². The van der Waals surface area contributed by atoms with Gasteiger partial charge in [0.05, 0.1) is 12.7 Å². The summed E-state index contributed by atoms with van der Waals surface area (Å²) in [7, 11) is 1.65. The number of quaternary nitrogens is 1. The monoisotopic (exact) mass is 422 g/mol. The van der Waals surface area contributed by atoms with Crippen molar-refractivity contribution >= 4 is 17.5 Å². The minimum absolute atomic E-state index is 0.150. The van der Waals surface area contributed by atoms with Crippen LogP contribution in [-0.2, 0) is 9.59 Å². The van der Waals surface area contributed by atoms with Gasteiger partial charge < -0.3 is 15.5 Å². The number of benzene rings is 2. The van der Waals surface area contributed by atoms with Crippen molar-refractivity contribution in [2.45, 2.75) is 32.2 Å². The number of amides is 2. The molecule has 2 aromatic rings. The molecule has 0 fully saturated rings. The average molecular weight is 422 g/mol. The van der Waals surface area contributed by atoms with Gasteiger partial charge >= 0.3 is 0 Å². The summed E-state index contributed by atoms with van der Waals surface area (Å²) in [5.41, 5.74) is 0.694. The van der Waals surface area contributed by atoms with Crippen LogP contribution in [0, 0.1) is 17.5 Å². The minimum Gasteiger partial charge on any atom is -0.350 e. The first-order valence-electron chi connectivity index (χ1n) is 9.82. The van der Waals surface area contributed by atoms with Gasteiger partial charge in [0, 0.05) is 12.5 Å². The van der Waals surface area contributed by atoms with Gasteiger partial charge in [0.2, 0.25) is 0 Å². The van der Waals surface area contributed by atoms with Gasteiger partial charge in [-0.3, -0.25) is 9.59 Å². The maximum atomic E-state index is 13.7. The van der Waals surface area contributed by atoms with E-state index in [2.05, 4.69) is 10.6 Å². The fourth-order valence-electron chi connectivity index (χ4n) is 3.05. The van der Waals surface area contributed by atoms with Gasteiger partial charge in [0.15, 0.2) is 30.0 Å². The van der Waals surface area contributed by atoms with Crippen LogP contribution in [0.25, 0.3) is 0 Å². The van der Waals surface area contributed by atoms with Crippen LogP contribution in [0.5, 0.6) is 0 Å². The number of hydrogen-bond acceptors (Lipinski definition) is 2. The van der Waals surface area contributed by atoms with Crippen molar-refractivity contribution < 1.29 is 27.7 Å². The molecule has 2 aromatic carbocycles. The molecule has 0 aliphatic carbocycles. The molecule has 0 aliphatic heterocycles. The molecular formula is C22H27F3N3O2+. The zero-order valence-corrected chi connectivity index (χ0v) is 17.3. The molecule has 1 unspecified atom stereocenters. The Balaban J connectivity index is 1.88. The summed E-state index contributed by atoms with van der Waals surface area (Å²) >= 11 is 0. The Labute approximate surface area is 174 Å². The van der Waals surface area contributed by atoms with E-state index in [0.717, 1.165) is 24.1 Å². The fourth-order valence-corrected chi connectivity index (χ4v) is 3.05. The van der Waals surface area contributed by atoms with Gasteiger partial charge in [-0.2, -0.15) is 0 Å². The molecule has 5 nitrogen and oxygen atoms in total. The lowest BCUT2D eigenvalue weighted by Gasteiger charge is -2.22. The van der Waals surface area contributed by atoms with E-state index in [9.17, 15) is 22.8 Å². The Morgan fingerprint density at radius 1 is 1.03 bits per heavy atom. The molecule has 0 bridgehead atoms. The van der Waals surface area contributed by atoms with Crippen molar-refractivity contribution in [1.29, 1.82) is 0 Å². The standard InChI is InChI=1S/C22H26F3N3O2/c1-4-15(16-8-6-5-7-9-16)12-26-22(30)14(2)28(3)13-19(29)27-18-11-10-17(23)20(24)21(18)25/h5-11,14-15H,4,12-13H2,1-3H3,(H,26,30)(H,27,29)/p+1/t14-,15-/m0/s1. The topological polar surface area (TPSA) is 62.6 Å². The van der Waals surface area contributed by atoms with Crippen LogP contribution in [0.2, 0.25) is 0 Å². The van der Waals surface area contributed by atoms with Crippen molar-refractivity contribution in [1.82, 2.24) is 5.32 Å². The summed E-state index contributed by atoms with van der Waals surface area (Å²) in [4.78, 5) is 25.2. The quantitative estimate of drug-likeness (QED) is 0.543. The van der Waals surface area contributed by atoms with E-state index < -0.39 is 35.1 Å². The first-order valence-corrected chi connectivity index (χ1v) is 9.82. The second-order valence-corrected chi connectivity index (χ2v) is 7.28. The number of likely N-dealkylation sites (N-methyl/N-ethyl adjacent to an activating group) is 1. The fraction of sp³-hybridized carbons (Fsp3) is 0.364. The van der Waals surface area contributed by atoms with Gasteiger partial charge in [-0.05, 0) is 31.0 Å². The van der Waals surface area contributed by atoms with Crippen molar-refractivity contribution in [3.05, 3.63) is 65.5 Å². The molecule has 0 spiro atoms. The molecule has 3 N–H and O–H groups in total. The smallest absolute Gasteiger partial charge is 0.279 e. The third-order valence-corrected chi connectivity index (χ3v) is 5.17. The molecule has 0 heterocycles. The third kappa shape index (κ3) is 6.06. The molecule has 0 aliphatic rings. The summed E-state index contributed by atoms with van der Waals surface area (Å²) in [6.07, 6.45) is 0.865. The summed E-state index contributed by atoms with van der Waals surface area (Å²) in [6, 6.07) is 11.0. The SMILES string of the molecule is CC[C@@H](CNC(=O)[C@H](C)[NH+](C)CC(=O)Nc1ccc(F)c(F)c1F)c1ccccc1. The number of rotatable bonds is 9. The van der Waals surface area contributed by atoms with Gasteiger partial charge in [-0.15, -0.1) is 0 Å². The molecule has 30 heavy (non-hydrogen) atoms. The van der Waals surface area contributed by atoms with E-state index in [1.165, 1.54) is 0 Å². The van der Waals surface area contributed by atoms with Crippen molar-refractivity contribution in [3.63, 3.8) is 0 Å². The Morgan fingerprint density at radius 3 is 2.33 bits per heavy atom. The lowest BCUT2D eigenvalue weighted by molar-refractivity contribution is -0.885. The minimum atomic E-state index is -1.65. The zero-order chi connectivity index (χ0) is 22.3. The number of nitrogens with one attached hydrogen (secondary N) is 3. The zero-order valence-electron chi connectivity index (χ0n) is 17.3. The average Bonchev–Trinajstić information content (AvgIpc) is 2.74. The predicted molar refractivity (Wildman–Crippen MR) is 109 cm³/mol. The predicted octanol–water partition coefficient (Wildman–Crippen LogP) is 2.26. The molecule has 3 atom stereocenters. The van der Waals surface area contributed by atoms with Crippen molar-refractivity contribution in [2.75, 3.05) is 25.5 Å².